The minimum atomic E-state index is -0.651. The smallest absolute Gasteiger partial charge is 0.314 e. The fourth-order valence-electron chi connectivity index (χ4n) is 3.49. The predicted octanol–water partition coefficient (Wildman–Crippen LogP) is 3.48. The third kappa shape index (κ3) is 6.50. The summed E-state index contributed by atoms with van der Waals surface area (Å²) in [6.45, 7) is 5.95. The van der Waals surface area contributed by atoms with Gasteiger partial charge in [-0.3, -0.25) is 9.59 Å². The van der Waals surface area contributed by atoms with Crippen molar-refractivity contribution in [1.29, 1.82) is 0 Å². The van der Waals surface area contributed by atoms with E-state index in [2.05, 4.69) is 49.3 Å². The molecule has 4 rings (SSSR count). The molecular weight excluding hydrogens is 556 g/mol. The first-order chi connectivity index (χ1) is 15.9. The van der Waals surface area contributed by atoms with Crippen LogP contribution >= 0.6 is 28.4 Å². The van der Waals surface area contributed by atoms with E-state index in [1.165, 1.54) is 6.20 Å². The Morgan fingerprint density at radius 3 is 2.82 bits per heavy atom. The molecule has 1 saturated heterocycles. The van der Waals surface area contributed by atoms with Gasteiger partial charge in [-0.2, -0.15) is 5.10 Å². The summed E-state index contributed by atoms with van der Waals surface area (Å²) in [5.74, 6) is 0.304. The highest BCUT2D eigenvalue weighted by molar-refractivity contribution is 14.2. The molecule has 0 spiro atoms. The summed E-state index contributed by atoms with van der Waals surface area (Å²) in [5.41, 5.74) is 7.00. The number of halogens is 1. The highest BCUT2D eigenvalue weighted by Gasteiger charge is 2.27. The number of nitrogen functional groups attached to an aromatic ring is 1. The molecule has 12 heteroatoms. The van der Waals surface area contributed by atoms with Crippen LogP contribution in [0.15, 0.2) is 36.8 Å². The van der Waals surface area contributed by atoms with Gasteiger partial charge in [0.15, 0.2) is 0 Å². The zero-order valence-electron chi connectivity index (χ0n) is 18.5. The van der Waals surface area contributed by atoms with E-state index >= 15 is 0 Å². The van der Waals surface area contributed by atoms with Crippen molar-refractivity contribution < 1.29 is 14.3 Å². The van der Waals surface area contributed by atoms with Gasteiger partial charge < -0.3 is 20.7 Å². The number of pyridine rings is 2. The van der Waals surface area contributed by atoms with Crippen molar-refractivity contribution in [2.45, 2.75) is 26.7 Å². The molecule has 2 amide bonds. The van der Waals surface area contributed by atoms with Crippen molar-refractivity contribution in [2.24, 2.45) is 5.92 Å². The van der Waals surface area contributed by atoms with Crippen LogP contribution in [-0.2, 0) is 9.59 Å². The van der Waals surface area contributed by atoms with E-state index in [-0.39, 0.29) is 0 Å². The van der Waals surface area contributed by atoms with E-state index in [4.69, 9.17) is 10.5 Å². The van der Waals surface area contributed by atoms with Crippen LogP contribution in [0, 0.1) is 5.92 Å². The molecule has 0 aliphatic carbocycles. The molecule has 3 aromatic rings. The number of nitrogens with zero attached hydrogens (tertiary/aromatic N) is 5. The molecule has 3 aromatic heterocycles. The number of nitrogens with two attached hydrogens (primary N) is 1. The molecule has 0 saturated carbocycles. The molecule has 0 radical (unpaired) electrons. The lowest BCUT2D eigenvalue weighted by atomic mass is 10.0. The maximum absolute atomic E-state index is 12.4. The number of amides is 2. The zero-order chi connectivity index (χ0) is 23.8. The molecule has 0 bridgehead atoms. The summed E-state index contributed by atoms with van der Waals surface area (Å²) in [6.07, 6.45) is 7.15. The van der Waals surface area contributed by atoms with E-state index in [9.17, 15) is 9.59 Å². The van der Waals surface area contributed by atoms with Crippen LogP contribution in [0.5, 0.6) is 5.88 Å². The van der Waals surface area contributed by atoms with Gasteiger partial charge in [-0.1, -0.05) is 13.0 Å². The number of nitrogens with one attached hydrogen (secondary N) is 1. The molecule has 1 fully saturated rings. The number of likely N-dealkylation sites (tertiary alicyclic amines) is 1. The molecule has 10 nitrogen and oxygen atoms in total. The Bertz CT molecular complexity index is 1100. The second kappa shape index (κ2) is 12.1. The van der Waals surface area contributed by atoms with Crippen molar-refractivity contribution in [3.05, 3.63) is 36.8 Å². The maximum Gasteiger partial charge on any atom is 0.314 e. The Balaban J connectivity index is 0.000000286. The molecule has 1 aliphatic rings. The Morgan fingerprint density at radius 1 is 1.33 bits per heavy atom. The van der Waals surface area contributed by atoms with Crippen molar-refractivity contribution in [2.75, 3.05) is 30.7 Å². The van der Waals surface area contributed by atoms with Crippen LogP contribution in [0.25, 0.3) is 10.9 Å². The van der Waals surface area contributed by atoms with E-state index in [0.717, 1.165) is 12.8 Å². The molecule has 0 aromatic carbocycles. The first kappa shape index (κ1) is 25.1. The number of fused-ring (bicyclic) bond motifs is 1. The zero-order valence-corrected chi connectivity index (χ0v) is 21.7. The Kier molecular flexibility index (Phi) is 9.19. The average Bonchev–Trinajstić information content (AvgIpc) is 3.27. The Morgan fingerprint density at radius 2 is 2.15 bits per heavy atom. The van der Waals surface area contributed by atoms with Gasteiger partial charge in [0, 0.05) is 25.4 Å². The quantitative estimate of drug-likeness (QED) is 0.274. The first-order valence-corrected chi connectivity index (χ1v) is 14.6. The van der Waals surface area contributed by atoms with E-state index in [0.29, 0.717) is 60.3 Å². The normalized spacial score (nSPS) is 15.8. The summed E-state index contributed by atoms with van der Waals surface area (Å²) in [6, 6.07) is 5.60. The lowest BCUT2D eigenvalue weighted by molar-refractivity contribution is -0.144. The van der Waals surface area contributed by atoms with Crippen LogP contribution in [-0.4, -0.2) is 55.9 Å². The lowest BCUT2D eigenvalue weighted by Gasteiger charge is -2.30. The molecule has 2 atom stereocenters. The van der Waals surface area contributed by atoms with Gasteiger partial charge >= 0.3 is 11.8 Å². The number of piperidine rings is 1. The SMILES string of the molecule is CC1CCCN(C(=O)C(=O)Nc2cnc(N)c3cnn(PI)c23)C1.CCOc1ccccn1. The van der Waals surface area contributed by atoms with Crippen LogP contribution in [0.3, 0.4) is 0 Å². The third-order valence-electron chi connectivity index (χ3n) is 5.03. The van der Waals surface area contributed by atoms with E-state index < -0.39 is 11.8 Å². The number of anilines is 2. The van der Waals surface area contributed by atoms with Crippen molar-refractivity contribution in [3.63, 3.8) is 0 Å². The topological polar surface area (TPSA) is 128 Å². The van der Waals surface area contributed by atoms with Gasteiger partial charge in [0.05, 0.1) is 36.4 Å². The van der Waals surface area contributed by atoms with Crippen LogP contribution in [0.4, 0.5) is 11.5 Å². The van der Waals surface area contributed by atoms with E-state index in [1.54, 1.807) is 21.7 Å². The molecule has 1 aliphatic heterocycles. The molecule has 2 unspecified atom stereocenters. The highest BCUT2D eigenvalue weighted by Crippen LogP contribution is 2.34. The van der Waals surface area contributed by atoms with Gasteiger partial charge in [-0.15, -0.1) is 0 Å². The summed E-state index contributed by atoms with van der Waals surface area (Å²) < 4.78 is 6.83. The Hall–Kier alpha value is -2.53. The number of hydrogen-bond donors (Lipinski definition) is 2. The maximum atomic E-state index is 12.4. The fraction of sp³-hybridized carbons (Fsp3) is 0.381. The van der Waals surface area contributed by atoms with Crippen LogP contribution in [0.2, 0.25) is 0 Å². The van der Waals surface area contributed by atoms with Crippen LogP contribution in [0.1, 0.15) is 26.7 Å². The minimum absolute atomic E-state index is 0.339. The average molecular weight is 583 g/mol. The summed E-state index contributed by atoms with van der Waals surface area (Å²) in [5, 5.41) is 7.58. The molecule has 176 valence electrons. The van der Waals surface area contributed by atoms with Gasteiger partial charge in [-0.05, 0) is 53.8 Å². The monoisotopic (exact) mass is 583 g/mol. The predicted molar refractivity (Wildman–Crippen MR) is 139 cm³/mol. The van der Waals surface area contributed by atoms with Crippen molar-refractivity contribution in [1.82, 2.24) is 24.4 Å². The number of rotatable bonds is 4. The Labute approximate surface area is 207 Å². The molecule has 3 N–H and O–H groups in total. The number of hydrogen-bond acceptors (Lipinski definition) is 7. The first-order valence-electron chi connectivity index (χ1n) is 10.6. The van der Waals surface area contributed by atoms with Gasteiger partial charge in [0.1, 0.15) is 11.3 Å². The molecule has 4 heterocycles. The van der Waals surface area contributed by atoms with Gasteiger partial charge in [0.25, 0.3) is 0 Å². The number of aromatic nitrogens is 4. The highest BCUT2D eigenvalue weighted by atomic mass is 127. The van der Waals surface area contributed by atoms with Gasteiger partial charge in [-0.25, -0.2) is 14.4 Å². The number of ether oxygens (including phenoxy) is 1. The fourth-order valence-corrected chi connectivity index (χ4v) is 5.01. The lowest BCUT2D eigenvalue weighted by Crippen LogP contribution is -2.44. The summed E-state index contributed by atoms with van der Waals surface area (Å²) in [4.78, 5) is 34.4. The minimum Gasteiger partial charge on any atom is -0.478 e. The van der Waals surface area contributed by atoms with Gasteiger partial charge in [0.2, 0.25) is 5.88 Å². The van der Waals surface area contributed by atoms with Crippen molar-refractivity contribution in [3.8, 4) is 5.88 Å². The van der Waals surface area contributed by atoms with E-state index in [1.807, 2.05) is 25.1 Å². The largest absolute Gasteiger partial charge is 0.478 e. The second-order valence-electron chi connectivity index (χ2n) is 7.51. The molecular formula is C21H27IN7O3P. The number of carbonyl (C=O) groups is 2. The molecule has 33 heavy (non-hydrogen) atoms. The second-order valence-corrected chi connectivity index (χ2v) is 9.55. The standard InChI is InChI=1S/C14H18IN6O2P.C7H9NO/c1-8-3-2-4-20(7-8)14(23)13(22)19-10-6-17-12(16)9-5-18-21(24-15)11(9)10;1-2-9-7-5-3-4-6-8-7/h5-6,8,24H,2-4,7H2,1H3,(H2,16,17)(H,19,22);3-6H,2H2,1H3. The third-order valence-corrected chi connectivity index (χ3v) is 6.90. The number of carbonyl (C=O) groups excluding carboxylic acids is 2. The summed E-state index contributed by atoms with van der Waals surface area (Å²) in [7, 11) is 0. The van der Waals surface area contributed by atoms with Crippen molar-refractivity contribution >= 4 is 62.6 Å². The van der Waals surface area contributed by atoms with Crippen LogP contribution < -0.4 is 15.8 Å². The summed E-state index contributed by atoms with van der Waals surface area (Å²) >= 11 is 2.19.